The van der Waals surface area contributed by atoms with Crippen LogP contribution in [-0.2, 0) is 80.8 Å². The second-order valence-electron chi connectivity index (χ2n) is 25.9. The SMILES string of the molecule is CC(=O)[C@H](CCCCN)NNC(=O)CCCCC(=O)NCCO[C@@H]1O[C@H](CO[C@H]2O[C@H](CO)[C@@H](O)[C@H](O)[C@@H]2O)[C@@H](O)[C@H](O[C@H]2O[C@H](CO)[C@@H](O)[C@H](O)[C@@H]2O)[C@H]1O.CCNC(=O)CCCCC(=O)CCCO[C@@H]1O[C@H](CO[C@H]2O[C@H](CO)[C@@H](O)[C@H](O)[C@@H]2O)[C@@H](O)[C@H](O[C@H]2O[C@H](CO)[C@@H](O)[C@H](O)[C@@H]2O)[C@H]1O. The van der Waals surface area contributed by atoms with E-state index in [1.54, 1.807) is 0 Å². The van der Waals surface area contributed by atoms with Crippen LogP contribution in [0.15, 0.2) is 0 Å². The molecular formula is C62H111N5O37. The Bertz CT molecular complexity index is 2490. The van der Waals surface area contributed by atoms with Crippen LogP contribution in [0, 0.1) is 0 Å². The molecule has 26 N–H and O–H groups in total. The highest BCUT2D eigenvalue weighted by Crippen LogP contribution is 2.34. The van der Waals surface area contributed by atoms with Gasteiger partial charge in [-0.05, 0) is 65.3 Å². The predicted molar refractivity (Wildman–Crippen MR) is 341 cm³/mol. The number of amides is 3. The summed E-state index contributed by atoms with van der Waals surface area (Å²) in [5.74, 6) is -0.985. The van der Waals surface area contributed by atoms with E-state index in [2.05, 4.69) is 21.5 Å². The lowest BCUT2D eigenvalue weighted by Gasteiger charge is -2.46. The van der Waals surface area contributed by atoms with Crippen LogP contribution in [0.25, 0.3) is 0 Å². The van der Waals surface area contributed by atoms with Crippen LogP contribution in [0.4, 0.5) is 0 Å². The van der Waals surface area contributed by atoms with Crippen LogP contribution in [0.3, 0.4) is 0 Å². The zero-order valence-corrected chi connectivity index (χ0v) is 57.8. The molecular weight excluding hydrogens is 1410 g/mol. The number of hydrogen-bond donors (Lipinski definition) is 25. The van der Waals surface area contributed by atoms with Crippen LogP contribution in [0.5, 0.6) is 0 Å². The number of ether oxygens (including phenoxy) is 12. The summed E-state index contributed by atoms with van der Waals surface area (Å²) < 4.78 is 66.4. The van der Waals surface area contributed by atoms with Gasteiger partial charge in [-0.3, -0.25) is 29.4 Å². The molecule has 31 atom stereocenters. The average Bonchev–Trinajstić information content (AvgIpc) is 0.794. The van der Waals surface area contributed by atoms with Crippen LogP contribution >= 0.6 is 0 Å². The number of hydrazine groups is 1. The molecule has 3 amide bonds. The highest BCUT2D eigenvalue weighted by Gasteiger charge is 2.55. The average molecular weight is 1520 g/mol. The molecule has 0 radical (unpaired) electrons. The van der Waals surface area contributed by atoms with E-state index in [0.29, 0.717) is 51.6 Å². The van der Waals surface area contributed by atoms with E-state index in [1.807, 2.05) is 6.92 Å². The maximum Gasteiger partial charge on any atom is 0.234 e. The van der Waals surface area contributed by atoms with E-state index >= 15 is 0 Å². The summed E-state index contributed by atoms with van der Waals surface area (Å²) in [6.45, 7) is -0.420. The fraction of sp³-hybridized carbons (Fsp3) is 0.919. The fourth-order valence-corrected chi connectivity index (χ4v) is 11.7. The third-order valence-corrected chi connectivity index (χ3v) is 18.1. The van der Waals surface area contributed by atoms with E-state index in [4.69, 9.17) is 62.6 Å². The van der Waals surface area contributed by atoms with Crippen molar-refractivity contribution in [1.82, 2.24) is 21.5 Å². The molecule has 6 aliphatic rings. The Balaban J connectivity index is 0.000000378. The lowest BCUT2D eigenvalue weighted by Crippen LogP contribution is -2.65. The van der Waals surface area contributed by atoms with Gasteiger partial charge >= 0.3 is 0 Å². The van der Waals surface area contributed by atoms with Crippen LogP contribution in [0.1, 0.15) is 97.3 Å². The van der Waals surface area contributed by atoms with Gasteiger partial charge in [-0.1, -0.05) is 6.42 Å². The van der Waals surface area contributed by atoms with Crippen molar-refractivity contribution >= 4 is 29.3 Å². The van der Waals surface area contributed by atoms with E-state index in [9.17, 15) is 126 Å². The molecule has 42 heteroatoms. The zero-order valence-electron chi connectivity index (χ0n) is 57.8. The number of aliphatic hydroxyl groups excluding tert-OH is 20. The van der Waals surface area contributed by atoms with Crippen molar-refractivity contribution in [3.05, 3.63) is 0 Å². The van der Waals surface area contributed by atoms with Crippen molar-refractivity contribution in [2.75, 3.05) is 72.5 Å². The number of hydrogen-bond acceptors (Lipinski definition) is 39. The molecule has 0 spiro atoms. The second kappa shape index (κ2) is 46.1. The van der Waals surface area contributed by atoms with E-state index < -0.39 is 230 Å². The fourth-order valence-electron chi connectivity index (χ4n) is 11.7. The Labute approximate surface area is 598 Å². The van der Waals surface area contributed by atoms with Gasteiger partial charge in [0.15, 0.2) is 37.7 Å². The Kier molecular flexibility index (Phi) is 40.4. The van der Waals surface area contributed by atoms with Crippen LogP contribution in [-0.4, -0.2) is 394 Å². The number of Topliss-reactive ketones (excluding diaryl/α,β-unsaturated/α-hetero) is 2. The smallest absolute Gasteiger partial charge is 0.234 e. The van der Waals surface area contributed by atoms with Crippen molar-refractivity contribution in [2.24, 2.45) is 5.73 Å². The minimum Gasteiger partial charge on any atom is -0.394 e. The third-order valence-electron chi connectivity index (χ3n) is 18.1. The first kappa shape index (κ1) is 91.0. The molecule has 0 aromatic rings. The van der Waals surface area contributed by atoms with Gasteiger partial charge < -0.3 is 175 Å². The normalized spacial score (nSPS) is 38.5. The molecule has 104 heavy (non-hydrogen) atoms. The van der Waals surface area contributed by atoms with Crippen LogP contribution < -0.4 is 27.2 Å². The van der Waals surface area contributed by atoms with Gasteiger partial charge in [0.05, 0.1) is 58.9 Å². The number of unbranched alkanes of at least 4 members (excludes halogenated alkanes) is 3. The Morgan fingerprint density at radius 3 is 1.14 bits per heavy atom. The number of nitrogens with one attached hydrogen (secondary N) is 4. The van der Waals surface area contributed by atoms with Crippen molar-refractivity contribution < 1.29 is 183 Å². The summed E-state index contributed by atoms with van der Waals surface area (Å²) in [6, 6.07) is -0.528. The summed E-state index contributed by atoms with van der Waals surface area (Å²) >= 11 is 0. The Hall–Kier alpha value is -3.61. The van der Waals surface area contributed by atoms with Crippen molar-refractivity contribution in [3.63, 3.8) is 0 Å². The molecule has 6 heterocycles. The molecule has 42 nitrogen and oxygen atoms in total. The Morgan fingerprint density at radius 2 is 0.740 bits per heavy atom. The van der Waals surface area contributed by atoms with E-state index in [1.165, 1.54) is 6.92 Å². The molecule has 0 unspecified atom stereocenters. The number of rotatable bonds is 41. The molecule has 6 fully saturated rings. The standard InChI is InChI=1S/C33H60N4O19.C29H51NO18/c1-15(40)16(6-4-5-9-34)36-37-21(42)8-3-2-7-20(41)35-10-11-51-32-29(50)30(56-33-28(49)26(47)23(44)18(13-39)54-33)24(45)19(55-32)14-52-31-27(48)25(46)22(43)17(12-38)53-31;1-2-30-17(34)8-4-3-6-13(33)7-5-9-43-28-25(42)26(48-29-24(41)22(39)19(36)15(11-32)46-29)20(37)16(47-28)12-44-27-23(40)21(38)18(35)14(10-31)45-27/h16-19,22-33,36,38-39,43-50H,2-14,34H2,1H3,(H,35,41)(H,37,42);14-16,18-29,31-32,35-42H,2-12H2,1H3,(H,30,34)/t16-,17+,18+,19+,22+,23+,24+,25-,26-,27-,28-,29+,30-,31-,32+,33+;14-,15-,16-,18-,19-,20-,21+,22+,23+,24+,25-,26+,27+,28-,29-/m01/s1. The summed E-state index contributed by atoms with van der Waals surface area (Å²) in [7, 11) is 0. The first-order valence-corrected chi connectivity index (χ1v) is 34.8. The van der Waals surface area contributed by atoms with Gasteiger partial charge in [0, 0.05) is 45.2 Å². The number of nitrogens with two attached hydrogens (primary N) is 1. The predicted octanol–water partition coefficient (Wildman–Crippen LogP) is -12.7. The molecule has 0 aromatic carbocycles. The summed E-state index contributed by atoms with van der Waals surface area (Å²) in [4.78, 5) is 60.2. The minimum atomic E-state index is -1.91. The maximum absolute atomic E-state index is 12.4. The molecule has 6 saturated heterocycles. The van der Waals surface area contributed by atoms with E-state index in [-0.39, 0.29) is 81.2 Å². The van der Waals surface area contributed by atoms with Gasteiger partial charge in [-0.15, -0.1) is 0 Å². The van der Waals surface area contributed by atoms with Gasteiger partial charge in [0.2, 0.25) is 17.7 Å². The number of aliphatic hydroxyl groups is 20. The summed E-state index contributed by atoms with van der Waals surface area (Å²) in [5, 5.41) is 210. The molecule has 0 saturated carbocycles. The quantitative estimate of drug-likeness (QED) is 0.0200. The van der Waals surface area contributed by atoms with Gasteiger partial charge in [-0.25, -0.2) is 5.43 Å². The molecule has 606 valence electrons. The molecule has 0 aromatic heterocycles. The second-order valence-corrected chi connectivity index (χ2v) is 25.9. The first-order chi connectivity index (χ1) is 49.5. The maximum atomic E-state index is 12.4. The molecule has 6 rings (SSSR count). The minimum absolute atomic E-state index is 0.0651. The molecule has 0 bridgehead atoms. The monoisotopic (exact) mass is 1520 g/mol. The largest absolute Gasteiger partial charge is 0.394 e. The van der Waals surface area contributed by atoms with Gasteiger partial charge in [0.1, 0.15) is 158 Å². The molecule has 6 aliphatic heterocycles. The highest BCUT2D eigenvalue weighted by atomic mass is 16.8. The van der Waals surface area contributed by atoms with Crippen molar-refractivity contribution in [3.8, 4) is 0 Å². The van der Waals surface area contributed by atoms with E-state index in [0.717, 1.165) is 12.8 Å². The van der Waals surface area contributed by atoms with Gasteiger partial charge in [-0.2, -0.15) is 0 Å². The highest BCUT2D eigenvalue weighted by molar-refractivity contribution is 5.82. The first-order valence-electron chi connectivity index (χ1n) is 34.8. The van der Waals surface area contributed by atoms with Gasteiger partial charge in [0.25, 0.3) is 0 Å². The number of carbonyl (C=O) groups excluding carboxylic acids is 5. The number of ketones is 2. The third kappa shape index (κ3) is 26.6. The number of carbonyl (C=O) groups is 5. The summed E-state index contributed by atoms with van der Waals surface area (Å²) in [5.41, 5.74) is 10.7. The lowest BCUT2D eigenvalue weighted by molar-refractivity contribution is -0.366. The van der Waals surface area contributed by atoms with Crippen LogP contribution in [0.2, 0.25) is 0 Å². The van der Waals surface area contributed by atoms with Crippen molar-refractivity contribution in [2.45, 2.75) is 288 Å². The molecule has 0 aliphatic carbocycles. The lowest BCUT2D eigenvalue weighted by atomic mass is 9.96. The zero-order chi connectivity index (χ0) is 77.1. The summed E-state index contributed by atoms with van der Waals surface area (Å²) in [6.07, 6.45) is -45.0. The topological polar surface area (TPSA) is 675 Å². The van der Waals surface area contributed by atoms with Crippen molar-refractivity contribution in [1.29, 1.82) is 0 Å². The Morgan fingerprint density at radius 1 is 0.385 bits per heavy atom.